The zero-order valence-corrected chi connectivity index (χ0v) is 15.5. The Morgan fingerprint density at radius 1 is 1.15 bits per heavy atom. The Kier molecular flexibility index (Phi) is 4.90. The maximum atomic E-state index is 12.8. The quantitative estimate of drug-likeness (QED) is 0.768. The van der Waals surface area contributed by atoms with Gasteiger partial charge in [-0.25, -0.2) is 0 Å². The number of nitrogens with one attached hydrogen (secondary N) is 1. The molecule has 0 aromatic carbocycles. The van der Waals surface area contributed by atoms with Gasteiger partial charge in [-0.1, -0.05) is 0 Å². The Labute approximate surface area is 155 Å². The van der Waals surface area contributed by atoms with Crippen molar-refractivity contribution in [3.8, 4) is 0 Å². The molecule has 144 valence electrons. The van der Waals surface area contributed by atoms with Crippen LogP contribution >= 0.6 is 0 Å². The van der Waals surface area contributed by atoms with Crippen LogP contribution in [0, 0.1) is 11.3 Å². The van der Waals surface area contributed by atoms with E-state index in [1.54, 1.807) is 0 Å². The highest BCUT2D eigenvalue weighted by Gasteiger charge is 2.43. The standard InChI is InChI=1S/C19H30N4O3/c24-16-11-21(9-7-20-16)12-18(26)22-8-1-5-19(13-22)6-4-17(25)23(14-19)10-15-2-3-15/h15H,1-14H2,(H,20,24)/t19-/m0/s1. The smallest absolute Gasteiger partial charge is 0.236 e. The van der Waals surface area contributed by atoms with Gasteiger partial charge < -0.3 is 15.1 Å². The fraction of sp³-hybridized carbons (Fsp3) is 0.842. The summed E-state index contributed by atoms with van der Waals surface area (Å²) in [5, 5.41) is 2.80. The van der Waals surface area contributed by atoms with E-state index >= 15 is 0 Å². The SMILES string of the molecule is O=C1CN(CC(=O)N2CCC[C@]3(CCC(=O)N(CC4CC4)C3)C2)CCN1. The maximum absolute atomic E-state index is 12.8. The molecule has 4 rings (SSSR count). The lowest BCUT2D eigenvalue weighted by molar-refractivity contribution is -0.143. The van der Waals surface area contributed by atoms with Gasteiger partial charge >= 0.3 is 0 Å². The summed E-state index contributed by atoms with van der Waals surface area (Å²) >= 11 is 0. The number of piperazine rings is 1. The molecule has 3 amide bonds. The molecule has 3 aliphatic heterocycles. The number of amides is 3. The highest BCUT2D eigenvalue weighted by atomic mass is 16.2. The van der Waals surface area contributed by atoms with Crippen molar-refractivity contribution >= 4 is 17.7 Å². The molecule has 0 radical (unpaired) electrons. The van der Waals surface area contributed by atoms with Crippen molar-refractivity contribution < 1.29 is 14.4 Å². The third kappa shape index (κ3) is 4.03. The average Bonchev–Trinajstić information content (AvgIpc) is 3.43. The summed E-state index contributed by atoms with van der Waals surface area (Å²) in [7, 11) is 0. The fourth-order valence-electron chi connectivity index (χ4n) is 4.75. The molecule has 4 aliphatic rings. The van der Waals surface area contributed by atoms with Crippen LogP contribution in [0.1, 0.15) is 38.5 Å². The Balaban J connectivity index is 1.36. The molecule has 0 aromatic heterocycles. The van der Waals surface area contributed by atoms with Crippen LogP contribution in [0.4, 0.5) is 0 Å². The summed E-state index contributed by atoms with van der Waals surface area (Å²) < 4.78 is 0. The van der Waals surface area contributed by atoms with Crippen LogP contribution in [-0.4, -0.2) is 84.8 Å². The molecular formula is C19H30N4O3. The maximum Gasteiger partial charge on any atom is 0.236 e. The molecule has 4 fully saturated rings. The first kappa shape index (κ1) is 17.8. The predicted octanol–water partition coefficient (Wildman–Crippen LogP) is 0.0594. The zero-order valence-electron chi connectivity index (χ0n) is 15.5. The topological polar surface area (TPSA) is 73.0 Å². The van der Waals surface area contributed by atoms with Gasteiger partial charge in [-0.15, -0.1) is 0 Å². The van der Waals surface area contributed by atoms with Crippen molar-refractivity contribution in [2.24, 2.45) is 11.3 Å². The number of hydrogen-bond donors (Lipinski definition) is 1. The molecule has 1 N–H and O–H groups in total. The second-order valence-electron chi connectivity index (χ2n) is 8.70. The second-order valence-corrected chi connectivity index (χ2v) is 8.70. The van der Waals surface area contributed by atoms with Crippen LogP contribution in [0.5, 0.6) is 0 Å². The Morgan fingerprint density at radius 3 is 2.77 bits per heavy atom. The van der Waals surface area contributed by atoms with Gasteiger partial charge in [-0.2, -0.15) is 0 Å². The fourth-order valence-corrected chi connectivity index (χ4v) is 4.75. The normalized spacial score (nSPS) is 30.6. The minimum atomic E-state index is 0.000625. The van der Waals surface area contributed by atoms with E-state index in [4.69, 9.17) is 0 Å². The van der Waals surface area contributed by atoms with Gasteiger partial charge in [0.15, 0.2) is 0 Å². The Hall–Kier alpha value is -1.63. The highest BCUT2D eigenvalue weighted by Crippen LogP contribution is 2.40. The molecule has 0 unspecified atom stereocenters. The van der Waals surface area contributed by atoms with Gasteiger partial charge in [-0.3, -0.25) is 19.3 Å². The second kappa shape index (κ2) is 7.18. The van der Waals surface area contributed by atoms with E-state index in [-0.39, 0.29) is 17.2 Å². The summed E-state index contributed by atoms with van der Waals surface area (Å²) in [6.45, 7) is 5.30. The van der Waals surface area contributed by atoms with E-state index in [1.165, 1.54) is 12.8 Å². The van der Waals surface area contributed by atoms with E-state index in [1.807, 2.05) is 9.80 Å². The van der Waals surface area contributed by atoms with Gasteiger partial charge in [0.1, 0.15) is 0 Å². The lowest BCUT2D eigenvalue weighted by atomic mass is 9.73. The Morgan fingerprint density at radius 2 is 2.00 bits per heavy atom. The summed E-state index contributed by atoms with van der Waals surface area (Å²) in [5.41, 5.74) is 0.0793. The van der Waals surface area contributed by atoms with Crippen molar-refractivity contribution in [1.29, 1.82) is 0 Å². The van der Waals surface area contributed by atoms with Crippen molar-refractivity contribution in [3.63, 3.8) is 0 Å². The third-order valence-electron chi connectivity index (χ3n) is 6.41. The minimum absolute atomic E-state index is 0.000625. The van der Waals surface area contributed by atoms with Crippen molar-refractivity contribution in [1.82, 2.24) is 20.0 Å². The molecule has 1 aliphatic carbocycles. The van der Waals surface area contributed by atoms with Crippen LogP contribution in [0.15, 0.2) is 0 Å². The van der Waals surface area contributed by atoms with Crippen LogP contribution in [0.25, 0.3) is 0 Å². The van der Waals surface area contributed by atoms with Crippen LogP contribution in [0.3, 0.4) is 0 Å². The van der Waals surface area contributed by atoms with E-state index in [9.17, 15) is 14.4 Å². The molecule has 0 aromatic rings. The number of rotatable bonds is 4. The molecule has 3 heterocycles. The molecule has 3 saturated heterocycles. The van der Waals surface area contributed by atoms with Gasteiger partial charge in [-0.05, 0) is 38.0 Å². The Bertz CT molecular complexity index is 591. The number of carbonyl (C=O) groups excluding carboxylic acids is 3. The molecule has 7 nitrogen and oxygen atoms in total. The molecule has 26 heavy (non-hydrogen) atoms. The van der Waals surface area contributed by atoms with Gasteiger partial charge in [0.25, 0.3) is 0 Å². The molecule has 7 heteroatoms. The summed E-state index contributed by atoms with van der Waals surface area (Å²) in [6, 6.07) is 0. The molecule has 0 bridgehead atoms. The summed E-state index contributed by atoms with van der Waals surface area (Å²) in [5.74, 6) is 1.14. The molecule has 1 saturated carbocycles. The van der Waals surface area contributed by atoms with Crippen molar-refractivity contribution in [2.75, 3.05) is 52.4 Å². The largest absolute Gasteiger partial charge is 0.354 e. The average molecular weight is 362 g/mol. The number of piperidine rings is 2. The predicted molar refractivity (Wildman–Crippen MR) is 96.2 cm³/mol. The zero-order chi connectivity index (χ0) is 18.1. The summed E-state index contributed by atoms with van der Waals surface area (Å²) in [6.07, 6.45) is 6.16. The van der Waals surface area contributed by atoms with E-state index in [2.05, 4.69) is 10.2 Å². The highest BCUT2D eigenvalue weighted by molar-refractivity contribution is 5.82. The first-order chi connectivity index (χ1) is 12.5. The van der Waals surface area contributed by atoms with E-state index in [0.717, 1.165) is 52.0 Å². The number of carbonyl (C=O) groups is 3. The van der Waals surface area contributed by atoms with Crippen LogP contribution in [0.2, 0.25) is 0 Å². The first-order valence-corrected chi connectivity index (χ1v) is 10.1. The monoisotopic (exact) mass is 362 g/mol. The lowest BCUT2D eigenvalue weighted by Gasteiger charge is -2.48. The van der Waals surface area contributed by atoms with E-state index in [0.29, 0.717) is 37.9 Å². The van der Waals surface area contributed by atoms with Gasteiger partial charge in [0.05, 0.1) is 13.1 Å². The lowest BCUT2D eigenvalue weighted by Crippen LogP contribution is -2.57. The van der Waals surface area contributed by atoms with Crippen LogP contribution in [-0.2, 0) is 14.4 Å². The minimum Gasteiger partial charge on any atom is -0.354 e. The van der Waals surface area contributed by atoms with Gasteiger partial charge in [0.2, 0.25) is 17.7 Å². The van der Waals surface area contributed by atoms with Crippen molar-refractivity contribution in [2.45, 2.75) is 38.5 Å². The first-order valence-electron chi connectivity index (χ1n) is 10.1. The number of hydrogen-bond acceptors (Lipinski definition) is 4. The summed E-state index contributed by atoms with van der Waals surface area (Å²) in [4.78, 5) is 42.6. The number of nitrogens with zero attached hydrogens (tertiary/aromatic N) is 3. The molecule has 1 atom stereocenters. The molecule has 1 spiro atoms. The van der Waals surface area contributed by atoms with Crippen molar-refractivity contribution in [3.05, 3.63) is 0 Å². The third-order valence-corrected chi connectivity index (χ3v) is 6.41. The van der Waals surface area contributed by atoms with Crippen LogP contribution < -0.4 is 5.32 Å². The number of likely N-dealkylation sites (tertiary alicyclic amines) is 2. The van der Waals surface area contributed by atoms with Gasteiger partial charge in [0, 0.05) is 51.1 Å². The van der Waals surface area contributed by atoms with E-state index < -0.39 is 0 Å². The molecular weight excluding hydrogens is 332 g/mol.